The molecule has 1 heterocycles. The average Bonchev–Trinajstić information content (AvgIpc) is 2.83. The summed E-state index contributed by atoms with van der Waals surface area (Å²) in [6.45, 7) is 2.34. The van der Waals surface area contributed by atoms with E-state index >= 15 is 0 Å². The molecule has 1 aliphatic heterocycles. The largest absolute Gasteiger partial charge is 0.478 e. The van der Waals surface area contributed by atoms with Gasteiger partial charge in [0, 0.05) is 6.54 Å². The molecule has 5 nitrogen and oxygen atoms in total. The number of rotatable bonds is 4. The van der Waals surface area contributed by atoms with Crippen LogP contribution in [0.3, 0.4) is 0 Å². The summed E-state index contributed by atoms with van der Waals surface area (Å²) in [5.74, 6) is -1.06. The third kappa shape index (κ3) is 3.54. The van der Waals surface area contributed by atoms with E-state index in [-0.39, 0.29) is 23.7 Å². The quantitative estimate of drug-likeness (QED) is 0.864. The summed E-state index contributed by atoms with van der Waals surface area (Å²) in [7, 11) is 0. The molecule has 1 amide bonds. The predicted molar refractivity (Wildman–Crippen MR) is 68.8 cm³/mol. The molecule has 1 fully saturated rings. The van der Waals surface area contributed by atoms with Gasteiger partial charge in [-0.05, 0) is 37.5 Å². The SMILES string of the molecule is C[C@@H]1CC[C@@H](C(=O)NCc2ccc(C(=O)O)cc2)O1. The number of aromatic carboxylic acids is 1. The lowest BCUT2D eigenvalue weighted by Crippen LogP contribution is -2.34. The molecule has 5 heteroatoms. The molecule has 0 saturated carbocycles. The number of ether oxygens (including phenoxy) is 1. The number of carboxylic acids is 1. The van der Waals surface area contributed by atoms with Crippen molar-refractivity contribution in [3.05, 3.63) is 35.4 Å². The standard InChI is InChI=1S/C14H17NO4/c1-9-2-7-12(19-9)13(16)15-8-10-3-5-11(6-4-10)14(17)18/h3-6,9,12H,2,7-8H2,1H3,(H,15,16)(H,17,18)/t9-,12+/m1/s1. The number of carbonyl (C=O) groups is 2. The Bertz CT molecular complexity index is 469. The molecule has 1 saturated heterocycles. The second-order valence-corrected chi connectivity index (χ2v) is 4.73. The summed E-state index contributed by atoms with van der Waals surface area (Å²) in [5, 5.41) is 11.6. The van der Waals surface area contributed by atoms with Crippen molar-refractivity contribution < 1.29 is 19.4 Å². The Hall–Kier alpha value is -1.88. The summed E-state index contributed by atoms with van der Waals surface area (Å²) in [6.07, 6.45) is 1.45. The molecule has 1 aromatic rings. The molecule has 0 radical (unpaired) electrons. The van der Waals surface area contributed by atoms with Crippen molar-refractivity contribution in [2.24, 2.45) is 0 Å². The summed E-state index contributed by atoms with van der Waals surface area (Å²) in [4.78, 5) is 22.5. The first-order chi connectivity index (χ1) is 9.06. The Morgan fingerprint density at radius 3 is 2.53 bits per heavy atom. The maximum absolute atomic E-state index is 11.8. The second kappa shape index (κ2) is 5.84. The third-order valence-corrected chi connectivity index (χ3v) is 3.19. The van der Waals surface area contributed by atoms with E-state index in [1.807, 2.05) is 6.92 Å². The monoisotopic (exact) mass is 263 g/mol. The smallest absolute Gasteiger partial charge is 0.335 e. The molecular formula is C14H17NO4. The highest BCUT2D eigenvalue weighted by molar-refractivity contribution is 5.87. The Morgan fingerprint density at radius 2 is 2.00 bits per heavy atom. The number of nitrogens with one attached hydrogen (secondary N) is 1. The Balaban J connectivity index is 1.85. The van der Waals surface area contributed by atoms with E-state index in [2.05, 4.69) is 5.32 Å². The molecule has 19 heavy (non-hydrogen) atoms. The van der Waals surface area contributed by atoms with Crippen molar-refractivity contribution in [3.8, 4) is 0 Å². The fourth-order valence-electron chi connectivity index (χ4n) is 2.06. The number of hydrogen-bond acceptors (Lipinski definition) is 3. The van der Waals surface area contributed by atoms with Gasteiger partial charge < -0.3 is 15.2 Å². The van der Waals surface area contributed by atoms with Gasteiger partial charge in [0.05, 0.1) is 11.7 Å². The highest BCUT2D eigenvalue weighted by Gasteiger charge is 2.27. The van der Waals surface area contributed by atoms with Crippen molar-refractivity contribution in [1.29, 1.82) is 0 Å². The van der Waals surface area contributed by atoms with Crippen LogP contribution < -0.4 is 5.32 Å². The number of amides is 1. The van der Waals surface area contributed by atoms with Crippen LogP contribution in [0.1, 0.15) is 35.7 Å². The molecular weight excluding hydrogens is 246 g/mol. The molecule has 102 valence electrons. The molecule has 1 aromatic carbocycles. The van der Waals surface area contributed by atoms with E-state index in [1.54, 1.807) is 12.1 Å². The lowest BCUT2D eigenvalue weighted by molar-refractivity contribution is -0.131. The summed E-state index contributed by atoms with van der Waals surface area (Å²) in [5.41, 5.74) is 1.10. The van der Waals surface area contributed by atoms with Crippen LogP contribution in [0.25, 0.3) is 0 Å². The molecule has 0 spiro atoms. The summed E-state index contributed by atoms with van der Waals surface area (Å²) in [6, 6.07) is 6.44. The summed E-state index contributed by atoms with van der Waals surface area (Å²) >= 11 is 0. The van der Waals surface area contributed by atoms with Gasteiger partial charge in [0.15, 0.2) is 0 Å². The van der Waals surface area contributed by atoms with Gasteiger partial charge in [-0.3, -0.25) is 4.79 Å². The Kier molecular flexibility index (Phi) is 4.16. The van der Waals surface area contributed by atoms with E-state index in [4.69, 9.17) is 9.84 Å². The number of carboxylic acid groups (broad SMARTS) is 1. The van der Waals surface area contributed by atoms with E-state index < -0.39 is 5.97 Å². The lowest BCUT2D eigenvalue weighted by atomic mass is 10.1. The first-order valence-electron chi connectivity index (χ1n) is 6.31. The number of benzene rings is 1. The van der Waals surface area contributed by atoms with Crippen molar-refractivity contribution >= 4 is 11.9 Å². The molecule has 2 atom stereocenters. The molecule has 1 aliphatic rings. The van der Waals surface area contributed by atoms with Gasteiger partial charge in [0.2, 0.25) is 5.91 Å². The van der Waals surface area contributed by atoms with Gasteiger partial charge in [-0.15, -0.1) is 0 Å². The normalized spacial score (nSPS) is 22.2. The minimum atomic E-state index is -0.955. The molecule has 2 N–H and O–H groups in total. The fourth-order valence-corrected chi connectivity index (χ4v) is 2.06. The predicted octanol–water partition coefficient (Wildman–Crippen LogP) is 1.57. The fraction of sp³-hybridized carbons (Fsp3) is 0.429. The van der Waals surface area contributed by atoms with E-state index in [0.29, 0.717) is 6.54 Å². The van der Waals surface area contributed by atoms with Crippen LogP contribution in [-0.4, -0.2) is 29.2 Å². The molecule has 0 aliphatic carbocycles. The first-order valence-corrected chi connectivity index (χ1v) is 6.31. The summed E-state index contributed by atoms with van der Waals surface area (Å²) < 4.78 is 5.47. The van der Waals surface area contributed by atoms with Crippen molar-refractivity contribution in [2.45, 2.75) is 38.5 Å². The Labute approximate surface area is 111 Å². The van der Waals surface area contributed by atoms with Crippen molar-refractivity contribution in [3.63, 3.8) is 0 Å². The average molecular weight is 263 g/mol. The number of hydrogen-bond donors (Lipinski definition) is 2. The van der Waals surface area contributed by atoms with Gasteiger partial charge in [0.1, 0.15) is 6.10 Å². The van der Waals surface area contributed by atoms with Crippen LogP contribution in [0.4, 0.5) is 0 Å². The highest BCUT2D eigenvalue weighted by atomic mass is 16.5. The molecule has 0 bridgehead atoms. The zero-order chi connectivity index (χ0) is 13.8. The van der Waals surface area contributed by atoms with Crippen LogP contribution >= 0.6 is 0 Å². The Morgan fingerprint density at radius 1 is 1.32 bits per heavy atom. The zero-order valence-electron chi connectivity index (χ0n) is 10.8. The van der Waals surface area contributed by atoms with Crippen molar-refractivity contribution in [2.75, 3.05) is 0 Å². The van der Waals surface area contributed by atoms with Crippen LogP contribution in [0, 0.1) is 0 Å². The van der Waals surface area contributed by atoms with Gasteiger partial charge >= 0.3 is 5.97 Å². The second-order valence-electron chi connectivity index (χ2n) is 4.73. The molecule has 0 unspecified atom stereocenters. The van der Waals surface area contributed by atoms with Crippen LogP contribution in [0.5, 0.6) is 0 Å². The molecule has 0 aromatic heterocycles. The van der Waals surface area contributed by atoms with E-state index in [1.165, 1.54) is 12.1 Å². The highest BCUT2D eigenvalue weighted by Crippen LogP contribution is 2.19. The lowest BCUT2D eigenvalue weighted by Gasteiger charge is -2.11. The van der Waals surface area contributed by atoms with Crippen LogP contribution in [0.2, 0.25) is 0 Å². The maximum Gasteiger partial charge on any atom is 0.335 e. The number of carbonyl (C=O) groups excluding carboxylic acids is 1. The minimum Gasteiger partial charge on any atom is -0.478 e. The van der Waals surface area contributed by atoms with Crippen molar-refractivity contribution in [1.82, 2.24) is 5.32 Å². The first kappa shape index (κ1) is 13.5. The third-order valence-electron chi connectivity index (χ3n) is 3.19. The van der Waals surface area contributed by atoms with Crippen LogP contribution in [-0.2, 0) is 16.1 Å². The molecule has 2 rings (SSSR count). The zero-order valence-corrected chi connectivity index (χ0v) is 10.8. The van der Waals surface area contributed by atoms with E-state index in [9.17, 15) is 9.59 Å². The topological polar surface area (TPSA) is 75.6 Å². The maximum atomic E-state index is 11.8. The van der Waals surface area contributed by atoms with E-state index in [0.717, 1.165) is 18.4 Å². The van der Waals surface area contributed by atoms with Gasteiger partial charge in [-0.25, -0.2) is 4.79 Å². The van der Waals surface area contributed by atoms with Gasteiger partial charge in [-0.1, -0.05) is 12.1 Å². The van der Waals surface area contributed by atoms with Gasteiger partial charge in [-0.2, -0.15) is 0 Å². The minimum absolute atomic E-state index is 0.105. The van der Waals surface area contributed by atoms with Crippen LogP contribution in [0.15, 0.2) is 24.3 Å². The van der Waals surface area contributed by atoms with Gasteiger partial charge in [0.25, 0.3) is 0 Å².